The Labute approximate surface area is 111 Å². The molecule has 1 aromatic heterocycles. The molecular formula is C12H19N3O4. The lowest BCUT2D eigenvalue weighted by molar-refractivity contribution is -0.166. The SMILES string of the molecule is CCCc1nc(CN2CC(C)(OCC(=O)O)C2)no1. The minimum atomic E-state index is -0.943. The lowest BCUT2D eigenvalue weighted by Crippen LogP contribution is -2.61. The van der Waals surface area contributed by atoms with Crippen LogP contribution in [0.5, 0.6) is 0 Å². The molecule has 106 valence electrons. The Kier molecular flexibility index (Phi) is 4.16. The van der Waals surface area contributed by atoms with Gasteiger partial charge in [-0.15, -0.1) is 0 Å². The van der Waals surface area contributed by atoms with Crippen LogP contribution in [-0.2, 0) is 22.5 Å². The van der Waals surface area contributed by atoms with E-state index in [0.717, 1.165) is 12.8 Å². The molecule has 1 aliphatic rings. The van der Waals surface area contributed by atoms with Gasteiger partial charge in [-0.25, -0.2) is 4.79 Å². The number of aliphatic carboxylic acids is 1. The van der Waals surface area contributed by atoms with E-state index in [1.54, 1.807) is 0 Å². The van der Waals surface area contributed by atoms with Gasteiger partial charge < -0.3 is 14.4 Å². The van der Waals surface area contributed by atoms with Gasteiger partial charge in [-0.2, -0.15) is 4.98 Å². The van der Waals surface area contributed by atoms with Crippen LogP contribution in [0.4, 0.5) is 0 Å². The van der Waals surface area contributed by atoms with E-state index < -0.39 is 5.97 Å². The Bertz CT molecular complexity index is 440. The summed E-state index contributed by atoms with van der Waals surface area (Å²) in [5.74, 6) is 0.397. The minimum Gasteiger partial charge on any atom is -0.480 e. The van der Waals surface area contributed by atoms with Crippen molar-refractivity contribution in [1.29, 1.82) is 0 Å². The molecule has 0 unspecified atom stereocenters. The first kappa shape index (κ1) is 14.0. The molecule has 7 nitrogen and oxygen atoms in total. The number of ether oxygens (including phenoxy) is 1. The molecule has 1 fully saturated rings. The third-order valence-corrected chi connectivity index (χ3v) is 3.00. The normalized spacial score (nSPS) is 18.2. The molecule has 0 saturated carbocycles. The Morgan fingerprint density at radius 1 is 1.58 bits per heavy atom. The van der Waals surface area contributed by atoms with Gasteiger partial charge in [-0.1, -0.05) is 12.1 Å². The van der Waals surface area contributed by atoms with E-state index in [1.807, 2.05) is 6.92 Å². The first-order valence-corrected chi connectivity index (χ1v) is 6.40. The van der Waals surface area contributed by atoms with Gasteiger partial charge in [0.15, 0.2) is 5.82 Å². The Hall–Kier alpha value is -1.47. The number of carbonyl (C=O) groups is 1. The highest BCUT2D eigenvalue weighted by molar-refractivity contribution is 5.68. The fourth-order valence-electron chi connectivity index (χ4n) is 2.21. The predicted octanol–water partition coefficient (Wildman–Crippen LogP) is 0.698. The van der Waals surface area contributed by atoms with Gasteiger partial charge in [0.05, 0.1) is 12.1 Å². The predicted molar refractivity (Wildman–Crippen MR) is 65.6 cm³/mol. The van der Waals surface area contributed by atoms with Crippen LogP contribution in [0.15, 0.2) is 4.52 Å². The van der Waals surface area contributed by atoms with Crippen molar-refractivity contribution in [3.8, 4) is 0 Å². The number of aryl methyl sites for hydroxylation is 1. The molecule has 0 aromatic carbocycles. The number of nitrogens with zero attached hydrogens (tertiary/aromatic N) is 3. The molecule has 1 saturated heterocycles. The van der Waals surface area contributed by atoms with E-state index in [-0.39, 0.29) is 12.2 Å². The van der Waals surface area contributed by atoms with Crippen molar-refractivity contribution in [2.24, 2.45) is 0 Å². The highest BCUT2D eigenvalue weighted by Gasteiger charge is 2.40. The maximum absolute atomic E-state index is 10.5. The van der Waals surface area contributed by atoms with Gasteiger partial charge in [-0.3, -0.25) is 4.90 Å². The molecule has 0 aliphatic carbocycles. The summed E-state index contributed by atoms with van der Waals surface area (Å²) in [6.45, 7) is 5.68. The Morgan fingerprint density at radius 3 is 2.95 bits per heavy atom. The second kappa shape index (κ2) is 5.66. The molecule has 2 rings (SSSR count). The third-order valence-electron chi connectivity index (χ3n) is 3.00. The van der Waals surface area contributed by atoms with Crippen molar-refractivity contribution in [1.82, 2.24) is 15.0 Å². The quantitative estimate of drug-likeness (QED) is 0.779. The van der Waals surface area contributed by atoms with Crippen LogP contribution in [0.2, 0.25) is 0 Å². The largest absolute Gasteiger partial charge is 0.480 e. The summed E-state index contributed by atoms with van der Waals surface area (Å²) in [5.41, 5.74) is -0.381. The highest BCUT2D eigenvalue weighted by Crippen LogP contribution is 2.25. The van der Waals surface area contributed by atoms with Crippen molar-refractivity contribution in [3.05, 3.63) is 11.7 Å². The zero-order valence-corrected chi connectivity index (χ0v) is 11.3. The lowest BCUT2D eigenvalue weighted by Gasteiger charge is -2.46. The smallest absolute Gasteiger partial charge is 0.329 e. The summed E-state index contributed by atoms with van der Waals surface area (Å²) < 4.78 is 10.4. The average molecular weight is 269 g/mol. The van der Waals surface area contributed by atoms with E-state index in [9.17, 15) is 4.79 Å². The summed E-state index contributed by atoms with van der Waals surface area (Å²) in [4.78, 5) is 16.8. The van der Waals surface area contributed by atoms with Gasteiger partial charge in [0.25, 0.3) is 0 Å². The number of hydrogen-bond donors (Lipinski definition) is 1. The van der Waals surface area contributed by atoms with Gasteiger partial charge in [-0.05, 0) is 13.3 Å². The molecule has 0 amide bonds. The van der Waals surface area contributed by atoms with E-state index in [0.29, 0.717) is 31.3 Å². The van der Waals surface area contributed by atoms with Crippen LogP contribution in [0.25, 0.3) is 0 Å². The second-order valence-corrected chi connectivity index (χ2v) is 5.13. The summed E-state index contributed by atoms with van der Waals surface area (Å²) in [7, 11) is 0. The Morgan fingerprint density at radius 2 is 2.32 bits per heavy atom. The fourth-order valence-corrected chi connectivity index (χ4v) is 2.21. The number of carboxylic acid groups (broad SMARTS) is 1. The minimum absolute atomic E-state index is 0.257. The molecule has 1 aliphatic heterocycles. The summed E-state index contributed by atoms with van der Waals surface area (Å²) in [6.07, 6.45) is 1.78. The fraction of sp³-hybridized carbons (Fsp3) is 0.750. The van der Waals surface area contributed by atoms with E-state index in [1.165, 1.54) is 0 Å². The molecule has 2 heterocycles. The lowest BCUT2D eigenvalue weighted by atomic mass is 9.96. The van der Waals surface area contributed by atoms with E-state index in [4.69, 9.17) is 14.4 Å². The maximum Gasteiger partial charge on any atom is 0.329 e. The molecule has 1 aromatic rings. The highest BCUT2D eigenvalue weighted by atomic mass is 16.5. The second-order valence-electron chi connectivity index (χ2n) is 5.13. The summed E-state index contributed by atoms with van der Waals surface area (Å²) >= 11 is 0. The summed E-state index contributed by atoms with van der Waals surface area (Å²) in [5, 5.41) is 12.5. The molecule has 0 spiro atoms. The van der Waals surface area contributed by atoms with Crippen LogP contribution < -0.4 is 0 Å². The van der Waals surface area contributed by atoms with Gasteiger partial charge in [0.1, 0.15) is 6.61 Å². The van der Waals surface area contributed by atoms with Gasteiger partial charge in [0.2, 0.25) is 5.89 Å². The van der Waals surface area contributed by atoms with Crippen molar-refractivity contribution in [2.75, 3.05) is 19.7 Å². The number of aromatic nitrogens is 2. The number of hydrogen-bond acceptors (Lipinski definition) is 6. The molecule has 19 heavy (non-hydrogen) atoms. The van der Waals surface area contributed by atoms with Gasteiger partial charge in [0, 0.05) is 19.5 Å². The summed E-state index contributed by atoms with van der Waals surface area (Å²) in [6, 6.07) is 0. The van der Waals surface area contributed by atoms with Crippen LogP contribution in [0.1, 0.15) is 32.0 Å². The Balaban J connectivity index is 1.75. The van der Waals surface area contributed by atoms with Crippen molar-refractivity contribution in [3.63, 3.8) is 0 Å². The first-order valence-electron chi connectivity index (χ1n) is 6.40. The zero-order chi connectivity index (χ0) is 13.9. The van der Waals surface area contributed by atoms with Crippen molar-refractivity contribution < 1.29 is 19.2 Å². The van der Waals surface area contributed by atoms with Crippen LogP contribution in [0, 0.1) is 0 Å². The number of likely N-dealkylation sites (tertiary alicyclic amines) is 1. The van der Waals surface area contributed by atoms with E-state index >= 15 is 0 Å². The molecule has 0 bridgehead atoms. The zero-order valence-electron chi connectivity index (χ0n) is 11.3. The molecule has 0 atom stereocenters. The van der Waals surface area contributed by atoms with E-state index in [2.05, 4.69) is 22.0 Å². The molecular weight excluding hydrogens is 250 g/mol. The molecule has 1 N–H and O–H groups in total. The van der Waals surface area contributed by atoms with Crippen LogP contribution in [0.3, 0.4) is 0 Å². The van der Waals surface area contributed by atoms with Crippen molar-refractivity contribution in [2.45, 2.75) is 38.8 Å². The van der Waals surface area contributed by atoms with Gasteiger partial charge >= 0.3 is 5.97 Å². The van der Waals surface area contributed by atoms with Crippen LogP contribution in [-0.4, -0.2) is 51.4 Å². The standard InChI is InChI=1S/C12H19N3O4/c1-3-4-10-13-9(14-19-10)5-15-7-12(2,8-15)18-6-11(16)17/h3-8H2,1-2H3,(H,16,17). The molecule has 7 heteroatoms. The topological polar surface area (TPSA) is 88.7 Å². The first-order chi connectivity index (χ1) is 9.00. The molecule has 0 radical (unpaired) electrons. The third kappa shape index (κ3) is 3.74. The monoisotopic (exact) mass is 269 g/mol. The van der Waals surface area contributed by atoms with Crippen molar-refractivity contribution >= 4 is 5.97 Å². The maximum atomic E-state index is 10.5. The van der Waals surface area contributed by atoms with Crippen LogP contribution >= 0.6 is 0 Å². The number of carboxylic acids is 1. The number of rotatable bonds is 7. The average Bonchev–Trinajstić information content (AvgIpc) is 2.73.